The number of aromatic carboxylic acids is 1. The molecular weight excluding hydrogens is 254 g/mol. The number of carboxylic acids is 1. The molecule has 0 fully saturated rings. The lowest BCUT2D eigenvalue weighted by molar-refractivity contribution is 0.0697. The van der Waals surface area contributed by atoms with Crippen LogP contribution in [0.15, 0.2) is 36.5 Å². The average Bonchev–Trinajstić information content (AvgIpc) is 2.39. The van der Waals surface area contributed by atoms with Gasteiger partial charge in [-0.2, -0.15) is 0 Å². The topological polar surface area (TPSA) is 59.4 Å². The highest BCUT2D eigenvalue weighted by atomic mass is 35.5. The third-order valence-electron chi connectivity index (χ3n) is 2.46. The molecule has 0 aliphatic rings. The van der Waals surface area contributed by atoms with Crippen molar-refractivity contribution in [2.45, 2.75) is 0 Å². The third-order valence-corrected chi connectivity index (χ3v) is 2.79. The minimum Gasteiger partial charge on any atom is -0.494 e. The van der Waals surface area contributed by atoms with Crippen LogP contribution in [0.4, 0.5) is 0 Å². The Morgan fingerprint density at radius 3 is 2.83 bits per heavy atom. The zero-order valence-corrected chi connectivity index (χ0v) is 10.3. The molecule has 0 unspecified atom stereocenters. The molecule has 0 saturated carbocycles. The molecule has 92 valence electrons. The molecule has 0 spiro atoms. The molecule has 1 heterocycles. The van der Waals surface area contributed by atoms with Gasteiger partial charge in [-0.15, -0.1) is 0 Å². The number of hydrogen-bond donors (Lipinski definition) is 1. The molecule has 1 aromatic carbocycles. The summed E-state index contributed by atoms with van der Waals surface area (Å²) in [5.74, 6) is -0.493. The number of methoxy groups -OCH3 is 1. The van der Waals surface area contributed by atoms with Crippen molar-refractivity contribution >= 4 is 17.6 Å². The number of aromatic nitrogens is 1. The predicted octanol–water partition coefficient (Wildman–Crippen LogP) is 3.11. The van der Waals surface area contributed by atoms with Crippen molar-refractivity contribution < 1.29 is 14.6 Å². The molecule has 1 N–H and O–H groups in total. The van der Waals surface area contributed by atoms with Crippen LogP contribution in [0.3, 0.4) is 0 Å². The Bertz CT molecular complexity index is 599. The monoisotopic (exact) mass is 263 g/mol. The van der Waals surface area contributed by atoms with Crippen LogP contribution in [-0.2, 0) is 0 Å². The van der Waals surface area contributed by atoms with Crippen LogP contribution in [0.5, 0.6) is 5.75 Å². The largest absolute Gasteiger partial charge is 0.494 e. The van der Waals surface area contributed by atoms with Crippen LogP contribution < -0.4 is 4.74 Å². The molecule has 0 atom stereocenters. The quantitative estimate of drug-likeness (QED) is 0.924. The van der Waals surface area contributed by atoms with E-state index in [4.69, 9.17) is 21.4 Å². The van der Waals surface area contributed by atoms with Gasteiger partial charge in [-0.05, 0) is 24.3 Å². The van der Waals surface area contributed by atoms with Crippen molar-refractivity contribution in [2.75, 3.05) is 7.11 Å². The molecule has 2 aromatic rings. The molecule has 0 bridgehead atoms. The fourth-order valence-corrected chi connectivity index (χ4v) is 1.81. The van der Waals surface area contributed by atoms with Gasteiger partial charge in [-0.25, -0.2) is 4.79 Å². The zero-order valence-electron chi connectivity index (χ0n) is 9.55. The molecule has 4 nitrogen and oxygen atoms in total. The highest BCUT2D eigenvalue weighted by Gasteiger charge is 2.13. The van der Waals surface area contributed by atoms with E-state index in [-0.39, 0.29) is 10.6 Å². The summed E-state index contributed by atoms with van der Waals surface area (Å²) in [5.41, 5.74) is 1.27. The summed E-state index contributed by atoms with van der Waals surface area (Å²) in [6.45, 7) is 0. The van der Waals surface area contributed by atoms with Gasteiger partial charge in [0.25, 0.3) is 0 Å². The minimum absolute atomic E-state index is 0.0434. The molecule has 0 aliphatic heterocycles. The van der Waals surface area contributed by atoms with Crippen molar-refractivity contribution in [2.24, 2.45) is 0 Å². The summed E-state index contributed by atoms with van der Waals surface area (Å²) in [7, 11) is 1.54. The van der Waals surface area contributed by atoms with Gasteiger partial charge < -0.3 is 9.84 Å². The normalized spacial score (nSPS) is 10.1. The van der Waals surface area contributed by atoms with Gasteiger partial charge in [0.05, 0.1) is 17.7 Å². The van der Waals surface area contributed by atoms with Crippen molar-refractivity contribution in [3.63, 3.8) is 0 Å². The van der Waals surface area contributed by atoms with Crippen LogP contribution in [0, 0.1) is 0 Å². The van der Waals surface area contributed by atoms with E-state index in [1.807, 2.05) is 0 Å². The van der Waals surface area contributed by atoms with E-state index in [1.165, 1.54) is 19.2 Å². The Hall–Kier alpha value is -2.07. The van der Waals surface area contributed by atoms with Crippen molar-refractivity contribution in [1.29, 1.82) is 0 Å². The standard InChI is InChI=1S/C13H10ClNO3/c1-18-11-3-2-6-15-12(11)8-4-5-10(14)9(7-8)13(16)17/h2-7H,1H3,(H,16,17). The van der Waals surface area contributed by atoms with E-state index >= 15 is 0 Å². The molecule has 1 aromatic heterocycles. The molecule has 0 radical (unpaired) electrons. The van der Waals surface area contributed by atoms with E-state index in [0.29, 0.717) is 17.0 Å². The summed E-state index contributed by atoms with van der Waals surface area (Å²) >= 11 is 5.82. The number of pyridine rings is 1. The maximum absolute atomic E-state index is 11.0. The third kappa shape index (κ3) is 2.28. The van der Waals surface area contributed by atoms with E-state index in [0.717, 1.165) is 0 Å². The maximum atomic E-state index is 11.0. The lowest BCUT2D eigenvalue weighted by Gasteiger charge is -2.08. The summed E-state index contributed by atoms with van der Waals surface area (Å²) in [6.07, 6.45) is 1.62. The van der Waals surface area contributed by atoms with Gasteiger partial charge in [-0.3, -0.25) is 4.98 Å². The summed E-state index contributed by atoms with van der Waals surface area (Å²) in [4.78, 5) is 15.2. The number of carboxylic acid groups (broad SMARTS) is 1. The van der Waals surface area contributed by atoms with Crippen LogP contribution in [0.1, 0.15) is 10.4 Å². The second-order valence-electron chi connectivity index (χ2n) is 3.55. The first-order chi connectivity index (χ1) is 8.63. The van der Waals surface area contributed by atoms with E-state index in [1.54, 1.807) is 24.4 Å². The molecule has 0 saturated heterocycles. The highest BCUT2D eigenvalue weighted by molar-refractivity contribution is 6.33. The molecular formula is C13H10ClNO3. The van der Waals surface area contributed by atoms with Gasteiger partial charge in [0.2, 0.25) is 0 Å². The Morgan fingerprint density at radius 1 is 1.39 bits per heavy atom. The van der Waals surface area contributed by atoms with Gasteiger partial charge in [0.1, 0.15) is 11.4 Å². The number of carbonyl (C=O) groups is 1. The SMILES string of the molecule is COc1cccnc1-c1ccc(Cl)c(C(=O)O)c1. The summed E-state index contributed by atoms with van der Waals surface area (Å²) < 4.78 is 5.19. The Balaban J connectivity index is 2.58. The lowest BCUT2D eigenvalue weighted by atomic mass is 10.1. The van der Waals surface area contributed by atoms with Gasteiger partial charge in [0.15, 0.2) is 0 Å². The van der Waals surface area contributed by atoms with Crippen LogP contribution >= 0.6 is 11.6 Å². The van der Waals surface area contributed by atoms with E-state index < -0.39 is 5.97 Å². The van der Waals surface area contributed by atoms with Crippen molar-refractivity contribution in [3.8, 4) is 17.0 Å². The first-order valence-electron chi connectivity index (χ1n) is 5.15. The smallest absolute Gasteiger partial charge is 0.337 e. The molecule has 2 rings (SSSR count). The number of halogens is 1. The molecule has 5 heteroatoms. The molecule has 0 aliphatic carbocycles. The van der Waals surface area contributed by atoms with Gasteiger partial charge in [0, 0.05) is 11.8 Å². The Kier molecular flexibility index (Phi) is 3.48. The highest BCUT2D eigenvalue weighted by Crippen LogP contribution is 2.30. The molecule has 18 heavy (non-hydrogen) atoms. The second-order valence-corrected chi connectivity index (χ2v) is 3.96. The number of benzene rings is 1. The Morgan fingerprint density at radius 2 is 2.17 bits per heavy atom. The fourth-order valence-electron chi connectivity index (χ4n) is 1.61. The minimum atomic E-state index is -1.07. The number of hydrogen-bond acceptors (Lipinski definition) is 3. The average molecular weight is 264 g/mol. The predicted molar refractivity (Wildman–Crippen MR) is 68.2 cm³/mol. The Labute approximate surface area is 109 Å². The summed E-state index contributed by atoms with van der Waals surface area (Å²) in [6, 6.07) is 8.23. The lowest BCUT2D eigenvalue weighted by Crippen LogP contribution is -1.98. The van der Waals surface area contributed by atoms with Crippen LogP contribution in [0.25, 0.3) is 11.3 Å². The first kappa shape index (κ1) is 12.4. The van der Waals surface area contributed by atoms with Crippen LogP contribution in [0.2, 0.25) is 5.02 Å². The van der Waals surface area contributed by atoms with Crippen molar-refractivity contribution in [3.05, 3.63) is 47.1 Å². The molecule has 0 amide bonds. The van der Waals surface area contributed by atoms with E-state index in [9.17, 15) is 4.79 Å². The maximum Gasteiger partial charge on any atom is 0.337 e. The number of rotatable bonds is 3. The number of nitrogens with zero attached hydrogens (tertiary/aromatic N) is 1. The second kappa shape index (κ2) is 5.06. The zero-order chi connectivity index (χ0) is 13.1. The fraction of sp³-hybridized carbons (Fsp3) is 0.0769. The number of ether oxygens (including phenoxy) is 1. The summed E-state index contributed by atoms with van der Waals surface area (Å²) in [5, 5.41) is 9.22. The van der Waals surface area contributed by atoms with Gasteiger partial charge in [-0.1, -0.05) is 17.7 Å². The van der Waals surface area contributed by atoms with Gasteiger partial charge >= 0.3 is 5.97 Å². The van der Waals surface area contributed by atoms with E-state index in [2.05, 4.69) is 4.98 Å². The van der Waals surface area contributed by atoms with Crippen LogP contribution in [-0.4, -0.2) is 23.2 Å². The first-order valence-corrected chi connectivity index (χ1v) is 5.53. The van der Waals surface area contributed by atoms with Crippen molar-refractivity contribution in [1.82, 2.24) is 4.98 Å².